The molecule has 30 heavy (non-hydrogen) atoms. The first-order valence-corrected chi connectivity index (χ1v) is 10.3. The van der Waals surface area contributed by atoms with Gasteiger partial charge in [-0.2, -0.15) is 0 Å². The number of Topliss-reactive ketones (excluding diaryl/α,β-unsaturated/α-hetero) is 1. The van der Waals surface area contributed by atoms with Crippen LogP contribution in [0.3, 0.4) is 0 Å². The highest BCUT2D eigenvalue weighted by Crippen LogP contribution is 2.24. The van der Waals surface area contributed by atoms with Crippen LogP contribution in [0.25, 0.3) is 0 Å². The maximum atomic E-state index is 13.0. The number of benzene rings is 1. The van der Waals surface area contributed by atoms with Crippen LogP contribution < -0.4 is 10.6 Å². The molecule has 1 aliphatic rings. The van der Waals surface area contributed by atoms with Gasteiger partial charge in [-0.25, -0.2) is 15.0 Å². The van der Waals surface area contributed by atoms with Crippen LogP contribution in [0.2, 0.25) is 0 Å². The molecule has 2 aromatic heterocycles. The molecular formula is C24H27N5O. The number of anilines is 2. The summed E-state index contributed by atoms with van der Waals surface area (Å²) in [6.07, 6.45) is 2.95. The third-order valence-electron chi connectivity index (χ3n) is 5.55. The van der Waals surface area contributed by atoms with E-state index >= 15 is 0 Å². The standard InChI is InChI=1S/C24H27N5O/c1-15(2)18-6-4-17(5-7-18)11-22(30)19-10-16(3)27-23(12-19)29-9-8-21-20(14-29)13-26-24(25)28-21/h4-7,10,12-13,15H,8-9,11,14H2,1-3H3,(H2,25,26,28). The third-order valence-corrected chi connectivity index (χ3v) is 5.55. The van der Waals surface area contributed by atoms with Crippen LogP contribution in [0.15, 0.2) is 42.6 Å². The molecule has 0 radical (unpaired) electrons. The maximum absolute atomic E-state index is 13.0. The molecule has 1 aromatic carbocycles. The number of nitrogens with zero attached hydrogens (tertiary/aromatic N) is 4. The monoisotopic (exact) mass is 401 g/mol. The first kappa shape index (κ1) is 20.0. The molecule has 3 aromatic rings. The van der Waals surface area contributed by atoms with Gasteiger partial charge in [-0.05, 0) is 36.1 Å². The lowest BCUT2D eigenvalue weighted by atomic mass is 9.98. The van der Waals surface area contributed by atoms with Crippen LogP contribution >= 0.6 is 0 Å². The molecule has 2 N–H and O–H groups in total. The second-order valence-electron chi connectivity index (χ2n) is 8.22. The van der Waals surface area contributed by atoms with Crippen molar-refractivity contribution in [1.82, 2.24) is 15.0 Å². The number of aryl methyl sites for hydroxylation is 1. The molecule has 0 spiro atoms. The average molecular weight is 402 g/mol. The molecule has 154 valence electrons. The van der Waals surface area contributed by atoms with Crippen molar-refractivity contribution in [1.29, 1.82) is 0 Å². The highest BCUT2D eigenvalue weighted by Gasteiger charge is 2.21. The van der Waals surface area contributed by atoms with Gasteiger partial charge in [-0.3, -0.25) is 4.79 Å². The van der Waals surface area contributed by atoms with Crippen molar-refractivity contribution in [3.05, 3.63) is 76.2 Å². The van der Waals surface area contributed by atoms with E-state index in [1.165, 1.54) is 5.56 Å². The summed E-state index contributed by atoms with van der Waals surface area (Å²) in [6, 6.07) is 12.1. The molecule has 6 nitrogen and oxygen atoms in total. The molecule has 0 saturated heterocycles. The van der Waals surface area contributed by atoms with E-state index < -0.39 is 0 Å². The minimum absolute atomic E-state index is 0.104. The van der Waals surface area contributed by atoms with Crippen molar-refractivity contribution >= 4 is 17.5 Å². The van der Waals surface area contributed by atoms with E-state index in [1.807, 2.05) is 19.1 Å². The number of carbonyl (C=O) groups excluding carboxylic acids is 1. The number of hydrogen-bond acceptors (Lipinski definition) is 6. The van der Waals surface area contributed by atoms with E-state index in [1.54, 1.807) is 6.20 Å². The smallest absolute Gasteiger partial charge is 0.220 e. The molecule has 4 rings (SSSR count). The number of aromatic nitrogens is 3. The predicted molar refractivity (Wildman–Crippen MR) is 119 cm³/mol. The van der Waals surface area contributed by atoms with E-state index in [0.29, 0.717) is 30.4 Å². The van der Waals surface area contributed by atoms with Crippen molar-refractivity contribution < 1.29 is 4.79 Å². The van der Waals surface area contributed by atoms with Gasteiger partial charge in [0, 0.05) is 48.9 Å². The normalized spacial score (nSPS) is 13.4. The lowest BCUT2D eigenvalue weighted by Crippen LogP contribution is -2.32. The van der Waals surface area contributed by atoms with Crippen molar-refractivity contribution in [3.63, 3.8) is 0 Å². The number of pyridine rings is 1. The number of rotatable bonds is 5. The largest absolute Gasteiger partial charge is 0.368 e. The zero-order valence-electron chi connectivity index (χ0n) is 17.7. The molecule has 0 atom stereocenters. The Morgan fingerprint density at radius 1 is 1.17 bits per heavy atom. The number of hydrogen-bond donors (Lipinski definition) is 1. The Morgan fingerprint density at radius 3 is 2.67 bits per heavy atom. The van der Waals surface area contributed by atoms with E-state index in [0.717, 1.165) is 41.3 Å². The van der Waals surface area contributed by atoms with Gasteiger partial charge in [0.1, 0.15) is 5.82 Å². The first-order valence-electron chi connectivity index (χ1n) is 10.3. The summed E-state index contributed by atoms with van der Waals surface area (Å²) >= 11 is 0. The highest BCUT2D eigenvalue weighted by atomic mass is 16.1. The molecule has 6 heteroatoms. The molecule has 0 unspecified atom stereocenters. The number of nitrogens with two attached hydrogens (primary N) is 1. The fourth-order valence-corrected chi connectivity index (χ4v) is 3.81. The van der Waals surface area contributed by atoms with Gasteiger partial charge in [0.25, 0.3) is 0 Å². The lowest BCUT2D eigenvalue weighted by molar-refractivity contribution is 0.0993. The Balaban J connectivity index is 1.53. The van der Waals surface area contributed by atoms with E-state index in [9.17, 15) is 4.79 Å². The van der Waals surface area contributed by atoms with Gasteiger partial charge in [0.05, 0.1) is 5.69 Å². The van der Waals surface area contributed by atoms with E-state index in [2.05, 4.69) is 58.0 Å². The summed E-state index contributed by atoms with van der Waals surface area (Å²) in [6.45, 7) is 7.71. The Bertz CT molecular complexity index is 1080. The number of carbonyl (C=O) groups is 1. The van der Waals surface area contributed by atoms with Crippen molar-refractivity contribution in [2.75, 3.05) is 17.2 Å². The third kappa shape index (κ3) is 4.32. The molecule has 0 fully saturated rings. The Kier molecular flexibility index (Phi) is 5.48. The molecule has 3 heterocycles. The molecule has 0 bridgehead atoms. The number of ketones is 1. The fraction of sp³-hybridized carbons (Fsp3) is 0.333. The van der Waals surface area contributed by atoms with Crippen LogP contribution in [-0.2, 0) is 19.4 Å². The maximum Gasteiger partial charge on any atom is 0.220 e. The van der Waals surface area contributed by atoms with Gasteiger partial charge in [-0.15, -0.1) is 0 Å². The lowest BCUT2D eigenvalue weighted by Gasteiger charge is -2.29. The van der Waals surface area contributed by atoms with Crippen molar-refractivity contribution in [2.45, 2.75) is 46.1 Å². The number of nitrogen functional groups attached to an aromatic ring is 1. The molecule has 1 aliphatic heterocycles. The van der Waals surface area contributed by atoms with Crippen LogP contribution in [0.5, 0.6) is 0 Å². The summed E-state index contributed by atoms with van der Waals surface area (Å²) in [4.78, 5) is 28.3. The van der Waals surface area contributed by atoms with Crippen molar-refractivity contribution in [2.24, 2.45) is 0 Å². The van der Waals surface area contributed by atoms with Gasteiger partial charge in [0.15, 0.2) is 5.78 Å². The Labute approximate surface area is 177 Å². The van der Waals surface area contributed by atoms with E-state index in [4.69, 9.17) is 5.73 Å². The van der Waals surface area contributed by atoms with E-state index in [-0.39, 0.29) is 5.78 Å². The first-order chi connectivity index (χ1) is 14.4. The van der Waals surface area contributed by atoms with Gasteiger partial charge >= 0.3 is 0 Å². The second-order valence-corrected chi connectivity index (χ2v) is 8.22. The molecule has 0 aliphatic carbocycles. The molecule has 0 amide bonds. The van der Waals surface area contributed by atoms with Gasteiger partial charge < -0.3 is 10.6 Å². The molecular weight excluding hydrogens is 374 g/mol. The quantitative estimate of drug-likeness (QED) is 0.653. The van der Waals surface area contributed by atoms with Crippen LogP contribution in [0.1, 0.15) is 58.2 Å². The second kappa shape index (κ2) is 8.22. The minimum atomic E-state index is 0.104. The topological polar surface area (TPSA) is 85.0 Å². The molecule has 0 saturated carbocycles. The van der Waals surface area contributed by atoms with Crippen molar-refractivity contribution in [3.8, 4) is 0 Å². The van der Waals surface area contributed by atoms with Crippen LogP contribution in [0, 0.1) is 6.92 Å². The van der Waals surface area contributed by atoms with Crippen LogP contribution in [0.4, 0.5) is 11.8 Å². The fourth-order valence-electron chi connectivity index (χ4n) is 3.81. The zero-order valence-corrected chi connectivity index (χ0v) is 17.7. The Morgan fingerprint density at radius 2 is 1.93 bits per heavy atom. The summed E-state index contributed by atoms with van der Waals surface area (Å²) in [5.41, 5.74) is 11.6. The summed E-state index contributed by atoms with van der Waals surface area (Å²) in [5, 5.41) is 0. The Hall–Kier alpha value is -3.28. The highest BCUT2D eigenvalue weighted by molar-refractivity contribution is 5.98. The SMILES string of the molecule is Cc1cc(C(=O)Cc2ccc(C(C)C)cc2)cc(N2CCc3nc(N)ncc3C2)n1. The number of fused-ring (bicyclic) bond motifs is 1. The van der Waals surface area contributed by atoms with Gasteiger partial charge in [0.2, 0.25) is 5.95 Å². The summed E-state index contributed by atoms with van der Waals surface area (Å²) in [7, 11) is 0. The summed E-state index contributed by atoms with van der Waals surface area (Å²) < 4.78 is 0. The minimum Gasteiger partial charge on any atom is -0.368 e. The average Bonchev–Trinajstić information content (AvgIpc) is 2.73. The summed E-state index contributed by atoms with van der Waals surface area (Å²) in [5.74, 6) is 1.71. The van der Waals surface area contributed by atoms with Crippen LogP contribution in [-0.4, -0.2) is 27.3 Å². The van der Waals surface area contributed by atoms with Gasteiger partial charge in [-0.1, -0.05) is 38.1 Å². The predicted octanol–water partition coefficient (Wildman–Crippen LogP) is 3.87. The zero-order chi connectivity index (χ0) is 21.3.